The quantitative estimate of drug-likeness (QED) is 0.755. The largest absolute Gasteiger partial charge is 0.386 e. The summed E-state index contributed by atoms with van der Waals surface area (Å²) in [6, 6.07) is 18.2. The molecule has 3 nitrogen and oxygen atoms in total. The second kappa shape index (κ2) is 4.86. The summed E-state index contributed by atoms with van der Waals surface area (Å²) < 4.78 is 0. The van der Waals surface area contributed by atoms with Crippen LogP contribution in [0, 0.1) is 0 Å². The summed E-state index contributed by atoms with van der Waals surface area (Å²) >= 11 is 0. The molecule has 1 aromatic heterocycles. The molecule has 2 N–H and O–H groups in total. The van der Waals surface area contributed by atoms with Crippen LogP contribution in [0.25, 0.3) is 10.9 Å². The molecule has 104 valence electrons. The lowest BCUT2D eigenvalue weighted by Gasteiger charge is -2.19. The minimum absolute atomic E-state index is 0.0246. The monoisotopic (exact) mass is 276 g/mol. The van der Waals surface area contributed by atoms with E-state index in [4.69, 9.17) is 0 Å². The molecule has 3 heteroatoms. The molecular formula is C18H16N2O. The average Bonchev–Trinajstić information content (AvgIpc) is 2.97. The van der Waals surface area contributed by atoms with Gasteiger partial charge in [0.15, 0.2) is 0 Å². The molecule has 3 aromatic rings. The maximum absolute atomic E-state index is 10.7. The highest BCUT2D eigenvalue weighted by atomic mass is 16.3. The first kappa shape index (κ1) is 12.4. The Morgan fingerprint density at radius 1 is 1.10 bits per heavy atom. The Morgan fingerprint density at radius 2 is 2.00 bits per heavy atom. The van der Waals surface area contributed by atoms with Crippen molar-refractivity contribution >= 4 is 16.6 Å². The van der Waals surface area contributed by atoms with Crippen molar-refractivity contribution in [1.29, 1.82) is 0 Å². The maximum Gasteiger partial charge on any atom is 0.0994 e. The van der Waals surface area contributed by atoms with Gasteiger partial charge in [-0.05, 0) is 41.8 Å². The van der Waals surface area contributed by atoms with E-state index < -0.39 is 6.10 Å². The number of rotatable bonds is 2. The highest BCUT2D eigenvalue weighted by Gasteiger charge is 2.27. The van der Waals surface area contributed by atoms with Crippen molar-refractivity contribution in [2.24, 2.45) is 0 Å². The van der Waals surface area contributed by atoms with Crippen LogP contribution in [0.2, 0.25) is 0 Å². The third-order valence-corrected chi connectivity index (χ3v) is 4.15. The SMILES string of the molecule is OC(c1ccc2ncccc2c1)C1Cc2ccccc2N1. The van der Waals surface area contributed by atoms with Crippen molar-refractivity contribution < 1.29 is 5.11 Å². The standard InChI is InChI=1S/C18H16N2O/c21-18(17-11-13-4-1-2-6-16(13)20-17)14-7-8-15-12(10-14)5-3-9-19-15/h1-10,17-18,20-21H,11H2. The van der Waals surface area contributed by atoms with Gasteiger partial charge in [0.1, 0.15) is 0 Å². The molecule has 4 rings (SSSR count). The van der Waals surface area contributed by atoms with Gasteiger partial charge in [-0.25, -0.2) is 0 Å². The van der Waals surface area contributed by atoms with Crippen LogP contribution in [0.1, 0.15) is 17.2 Å². The summed E-state index contributed by atoms with van der Waals surface area (Å²) in [6.07, 6.45) is 2.11. The van der Waals surface area contributed by atoms with Crippen LogP contribution >= 0.6 is 0 Å². The molecule has 1 aliphatic rings. The zero-order valence-corrected chi connectivity index (χ0v) is 11.5. The number of aliphatic hydroxyl groups excluding tert-OH is 1. The van der Waals surface area contributed by atoms with Gasteiger partial charge in [0, 0.05) is 17.3 Å². The number of nitrogens with one attached hydrogen (secondary N) is 1. The van der Waals surface area contributed by atoms with E-state index in [1.807, 2.05) is 42.5 Å². The van der Waals surface area contributed by atoms with E-state index in [0.717, 1.165) is 28.6 Å². The highest BCUT2D eigenvalue weighted by Crippen LogP contribution is 2.32. The fraction of sp³-hybridized carbons (Fsp3) is 0.167. The van der Waals surface area contributed by atoms with Crippen LogP contribution < -0.4 is 5.32 Å². The number of para-hydroxylation sites is 1. The molecule has 0 aliphatic carbocycles. The van der Waals surface area contributed by atoms with Crippen molar-refractivity contribution in [3.8, 4) is 0 Å². The second-order valence-corrected chi connectivity index (χ2v) is 5.51. The van der Waals surface area contributed by atoms with E-state index in [0.29, 0.717) is 0 Å². The summed E-state index contributed by atoms with van der Waals surface area (Å²) in [7, 11) is 0. The minimum Gasteiger partial charge on any atom is -0.386 e. The first-order valence-corrected chi connectivity index (χ1v) is 7.18. The van der Waals surface area contributed by atoms with Gasteiger partial charge in [-0.2, -0.15) is 0 Å². The molecule has 2 aromatic carbocycles. The number of benzene rings is 2. The van der Waals surface area contributed by atoms with E-state index in [1.165, 1.54) is 5.56 Å². The number of nitrogens with zero attached hydrogens (tertiary/aromatic N) is 1. The first-order chi connectivity index (χ1) is 10.3. The highest BCUT2D eigenvalue weighted by molar-refractivity contribution is 5.79. The Balaban J connectivity index is 1.64. The zero-order valence-electron chi connectivity index (χ0n) is 11.5. The topological polar surface area (TPSA) is 45.2 Å². The summed E-state index contributed by atoms with van der Waals surface area (Å²) in [5, 5.41) is 15.1. The number of hydrogen-bond donors (Lipinski definition) is 2. The molecule has 0 radical (unpaired) electrons. The van der Waals surface area contributed by atoms with Gasteiger partial charge < -0.3 is 10.4 Å². The van der Waals surface area contributed by atoms with E-state index >= 15 is 0 Å². The van der Waals surface area contributed by atoms with Gasteiger partial charge in [-0.1, -0.05) is 30.3 Å². The molecule has 1 aliphatic heterocycles. The zero-order chi connectivity index (χ0) is 14.2. The Morgan fingerprint density at radius 3 is 2.90 bits per heavy atom. The third-order valence-electron chi connectivity index (χ3n) is 4.15. The fourth-order valence-electron chi connectivity index (χ4n) is 3.03. The number of aliphatic hydroxyl groups is 1. The normalized spacial score (nSPS) is 18.2. The molecule has 2 unspecified atom stereocenters. The van der Waals surface area contributed by atoms with Crippen LogP contribution in [0.3, 0.4) is 0 Å². The van der Waals surface area contributed by atoms with Gasteiger partial charge >= 0.3 is 0 Å². The first-order valence-electron chi connectivity index (χ1n) is 7.18. The van der Waals surface area contributed by atoms with Gasteiger partial charge in [0.2, 0.25) is 0 Å². The van der Waals surface area contributed by atoms with Crippen molar-refractivity contribution in [3.63, 3.8) is 0 Å². The van der Waals surface area contributed by atoms with Crippen molar-refractivity contribution in [2.45, 2.75) is 18.6 Å². The number of aromatic nitrogens is 1. The molecule has 2 atom stereocenters. The molecule has 0 bridgehead atoms. The van der Waals surface area contributed by atoms with Gasteiger partial charge in [0.25, 0.3) is 0 Å². The Hall–Kier alpha value is -2.39. The van der Waals surface area contributed by atoms with Crippen LogP contribution in [0.5, 0.6) is 0 Å². The number of hydrogen-bond acceptors (Lipinski definition) is 3. The molecule has 0 spiro atoms. The predicted molar refractivity (Wildman–Crippen MR) is 84.3 cm³/mol. The van der Waals surface area contributed by atoms with E-state index in [9.17, 15) is 5.11 Å². The molecular weight excluding hydrogens is 260 g/mol. The predicted octanol–water partition coefficient (Wildman–Crippen LogP) is 3.31. The summed E-state index contributed by atoms with van der Waals surface area (Å²) in [4.78, 5) is 4.31. The smallest absolute Gasteiger partial charge is 0.0994 e. The number of fused-ring (bicyclic) bond motifs is 2. The Bertz CT molecular complexity index is 775. The molecule has 2 heterocycles. The molecule has 0 fully saturated rings. The Kier molecular flexibility index (Phi) is 2.86. The van der Waals surface area contributed by atoms with Gasteiger partial charge in [-0.15, -0.1) is 0 Å². The number of anilines is 1. The lowest BCUT2D eigenvalue weighted by Crippen LogP contribution is -2.24. The lowest BCUT2D eigenvalue weighted by atomic mass is 9.98. The van der Waals surface area contributed by atoms with E-state index in [1.54, 1.807) is 6.20 Å². The maximum atomic E-state index is 10.7. The molecule has 0 saturated heterocycles. The van der Waals surface area contributed by atoms with Crippen LogP contribution in [-0.4, -0.2) is 16.1 Å². The number of pyridine rings is 1. The van der Waals surface area contributed by atoms with Crippen LogP contribution in [0.15, 0.2) is 60.8 Å². The Labute approximate surface area is 123 Å². The van der Waals surface area contributed by atoms with E-state index in [2.05, 4.69) is 22.4 Å². The van der Waals surface area contributed by atoms with Crippen molar-refractivity contribution in [2.75, 3.05) is 5.32 Å². The van der Waals surface area contributed by atoms with E-state index in [-0.39, 0.29) is 6.04 Å². The van der Waals surface area contributed by atoms with Crippen LogP contribution in [-0.2, 0) is 6.42 Å². The van der Waals surface area contributed by atoms with Crippen LogP contribution in [0.4, 0.5) is 5.69 Å². The third kappa shape index (κ3) is 2.16. The average molecular weight is 276 g/mol. The minimum atomic E-state index is -0.526. The fourth-order valence-corrected chi connectivity index (χ4v) is 3.03. The van der Waals surface area contributed by atoms with Crippen molar-refractivity contribution in [1.82, 2.24) is 4.98 Å². The summed E-state index contributed by atoms with van der Waals surface area (Å²) in [6.45, 7) is 0. The molecule has 0 saturated carbocycles. The summed E-state index contributed by atoms with van der Waals surface area (Å²) in [5.41, 5.74) is 4.28. The second-order valence-electron chi connectivity index (χ2n) is 5.51. The van der Waals surface area contributed by atoms with Crippen molar-refractivity contribution in [3.05, 3.63) is 71.9 Å². The summed E-state index contributed by atoms with van der Waals surface area (Å²) in [5.74, 6) is 0. The van der Waals surface area contributed by atoms with Gasteiger partial charge in [-0.3, -0.25) is 4.98 Å². The van der Waals surface area contributed by atoms with Gasteiger partial charge in [0.05, 0.1) is 17.7 Å². The molecule has 0 amide bonds. The lowest BCUT2D eigenvalue weighted by molar-refractivity contribution is 0.157. The molecule has 21 heavy (non-hydrogen) atoms.